The Kier molecular flexibility index (Phi) is 3.02. The first kappa shape index (κ1) is 10.8. The zero-order valence-electron chi connectivity index (χ0n) is 8.53. The van der Waals surface area contributed by atoms with Gasteiger partial charge in [-0.1, -0.05) is 0 Å². The second kappa shape index (κ2) is 4.46. The van der Waals surface area contributed by atoms with Gasteiger partial charge in [0.1, 0.15) is 0 Å². The van der Waals surface area contributed by atoms with Crippen molar-refractivity contribution in [2.24, 2.45) is 5.84 Å². The summed E-state index contributed by atoms with van der Waals surface area (Å²) < 4.78 is 18.3. The molecule has 0 saturated heterocycles. The van der Waals surface area contributed by atoms with Crippen molar-refractivity contribution in [2.75, 3.05) is 12.5 Å². The van der Waals surface area contributed by atoms with Gasteiger partial charge in [-0.05, 0) is 18.2 Å². The van der Waals surface area contributed by atoms with Crippen LogP contribution in [-0.4, -0.2) is 12.1 Å². The van der Waals surface area contributed by atoms with Crippen LogP contribution in [-0.2, 0) is 0 Å². The highest BCUT2D eigenvalue weighted by Crippen LogP contribution is 2.27. The fraction of sp³-hybridized carbons (Fsp3) is 0.100. The average Bonchev–Trinajstić information content (AvgIpc) is 2.77. The molecule has 0 aliphatic heterocycles. The molecule has 0 radical (unpaired) electrons. The fourth-order valence-electron chi connectivity index (χ4n) is 1.30. The van der Waals surface area contributed by atoms with Gasteiger partial charge in [0, 0.05) is 10.9 Å². The molecule has 16 heavy (non-hydrogen) atoms. The van der Waals surface area contributed by atoms with E-state index in [1.807, 2.05) is 0 Å². The molecule has 0 bridgehead atoms. The number of nitrogen functional groups attached to an aromatic ring is 1. The molecular formula is C10H10FN3OS. The molecule has 1 aromatic carbocycles. The van der Waals surface area contributed by atoms with Crippen molar-refractivity contribution in [3.05, 3.63) is 29.4 Å². The molecule has 0 aliphatic rings. The molecule has 0 aliphatic carbocycles. The lowest BCUT2D eigenvalue weighted by Crippen LogP contribution is -2.05. The van der Waals surface area contributed by atoms with Gasteiger partial charge in [0.05, 0.1) is 12.8 Å². The number of nitrogens with one attached hydrogen (secondary N) is 1. The molecule has 84 valence electrons. The van der Waals surface area contributed by atoms with E-state index in [1.54, 1.807) is 17.5 Å². The maximum Gasteiger partial charge on any atom is 0.197 e. The van der Waals surface area contributed by atoms with Crippen LogP contribution in [0.25, 0.3) is 11.3 Å². The van der Waals surface area contributed by atoms with E-state index >= 15 is 0 Å². The second-order valence-corrected chi connectivity index (χ2v) is 3.89. The molecular weight excluding hydrogens is 229 g/mol. The predicted octanol–water partition coefficient (Wildman–Crippen LogP) is 2.24. The maximum absolute atomic E-state index is 13.4. The van der Waals surface area contributed by atoms with Crippen molar-refractivity contribution in [3.8, 4) is 17.0 Å². The van der Waals surface area contributed by atoms with Crippen LogP contribution in [0.2, 0.25) is 0 Å². The first-order valence-corrected chi connectivity index (χ1v) is 5.38. The number of nitrogens with two attached hydrogens (primary N) is 1. The van der Waals surface area contributed by atoms with Crippen LogP contribution in [0.4, 0.5) is 9.52 Å². The summed E-state index contributed by atoms with van der Waals surface area (Å²) in [6.45, 7) is 0. The first-order chi connectivity index (χ1) is 7.74. The Balaban J connectivity index is 2.37. The van der Waals surface area contributed by atoms with E-state index in [9.17, 15) is 4.39 Å². The summed E-state index contributed by atoms with van der Waals surface area (Å²) in [6.07, 6.45) is 0. The van der Waals surface area contributed by atoms with Gasteiger partial charge in [0.2, 0.25) is 0 Å². The minimum absolute atomic E-state index is 0.219. The Hall–Kier alpha value is -1.66. The number of hydrogen-bond acceptors (Lipinski definition) is 5. The smallest absolute Gasteiger partial charge is 0.197 e. The van der Waals surface area contributed by atoms with E-state index in [4.69, 9.17) is 10.6 Å². The van der Waals surface area contributed by atoms with Gasteiger partial charge in [-0.15, -0.1) is 11.3 Å². The largest absolute Gasteiger partial charge is 0.494 e. The summed E-state index contributed by atoms with van der Waals surface area (Å²) in [4.78, 5) is 4.17. The third-order valence-corrected chi connectivity index (χ3v) is 2.85. The highest BCUT2D eigenvalue weighted by atomic mass is 32.1. The van der Waals surface area contributed by atoms with Crippen LogP contribution in [0.5, 0.6) is 5.75 Å². The van der Waals surface area contributed by atoms with Crippen molar-refractivity contribution in [3.63, 3.8) is 0 Å². The van der Waals surface area contributed by atoms with E-state index in [-0.39, 0.29) is 5.75 Å². The van der Waals surface area contributed by atoms with Crippen LogP contribution in [0.15, 0.2) is 23.6 Å². The molecule has 2 aromatic rings. The molecule has 3 N–H and O–H groups in total. The lowest BCUT2D eigenvalue weighted by Gasteiger charge is -2.02. The van der Waals surface area contributed by atoms with E-state index in [0.717, 1.165) is 0 Å². The lowest BCUT2D eigenvalue weighted by molar-refractivity contribution is 0.386. The van der Waals surface area contributed by atoms with Crippen molar-refractivity contribution in [2.45, 2.75) is 0 Å². The first-order valence-electron chi connectivity index (χ1n) is 4.50. The minimum Gasteiger partial charge on any atom is -0.494 e. The molecule has 4 nitrogen and oxygen atoms in total. The van der Waals surface area contributed by atoms with Crippen LogP contribution in [0, 0.1) is 5.82 Å². The van der Waals surface area contributed by atoms with Crippen molar-refractivity contribution in [1.82, 2.24) is 4.98 Å². The monoisotopic (exact) mass is 239 g/mol. The lowest BCUT2D eigenvalue weighted by atomic mass is 10.1. The summed E-state index contributed by atoms with van der Waals surface area (Å²) in [5.74, 6) is 5.03. The molecule has 0 fully saturated rings. The van der Waals surface area contributed by atoms with Crippen LogP contribution >= 0.6 is 11.3 Å². The van der Waals surface area contributed by atoms with Crippen LogP contribution in [0.1, 0.15) is 0 Å². The number of thiazole rings is 1. The van der Waals surface area contributed by atoms with E-state index in [0.29, 0.717) is 16.4 Å². The highest BCUT2D eigenvalue weighted by Gasteiger charge is 2.07. The Bertz CT molecular complexity index is 501. The highest BCUT2D eigenvalue weighted by molar-refractivity contribution is 7.14. The number of anilines is 1. The van der Waals surface area contributed by atoms with E-state index < -0.39 is 5.82 Å². The predicted molar refractivity (Wildman–Crippen MR) is 61.9 cm³/mol. The van der Waals surface area contributed by atoms with Crippen molar-refractivity contribution in [1.29, 1.82) is 0 Å². The summed E-state index contributed by atoms with van der Waals surface area (Å²) in [6, 6.07) is 4.70. The van der Waals surface area contributed by atoms with Gasteiger partial charge >= 0.3 is 0 Å². The summed E-state index contributed by atoms with van der Waals surface area (Å²) in [5.41, 5.74) is 3.81. The van der Waals surface area contributed by atoms with Gasteiger partial charge in [-0.2, -0.15) is 0 Å². The SMILES string of the molecule is COc1ccc(-c2csc(NN)n2)cc1F. The van der Waals surface area contributed by atoms with Crippen molar-refractivity contribution < 1.29 is 9.13 Å². The second-order valence-electron chi connectivity index (χ2n) is 3.03. The van der Waals surface area contributed by atoms with E-state index in [1.165, 1.54) is 24.5 Å². The maximum atomic E-state index is 13.4. The number of hydrogen-bond donors (Lipinski definition) is 2. The van der Waals surface area contributed by atoms with Gasteiger partial charge < -0.3 is 4.74 Å². The number of ether oxygens (including phenoxy) is 1. The number of nitrogens with zero attached hydrogens (tertiary/aromatic N) is 1. The molecule has 0 atom stereocenters. The van der Waals surface area contributed by atoms with Gasteiger partial charge in [0.25, 0.3) is 0 Å². The average molecular weight is 239 g/mol. The Labute approximate surface area is 95.9 Å². The van der Waals surface area contributed by atoms with Gasteiger partial charge in [-0.3, -0.25) is 5.43 Å². The number of aromatic nitrogens is 1. The summed E-state index contributed by atoms with van der Waals surface area (Å²) >= 11 is 1.36. The number of rotatable bonds is 3. The van der Waals surface area contributed by atoms with Gasteiger partial charge in [-0.25, -0.2) is 15.2 Å². The molecule has 1 aromatic heterocycles. The fourth-order valence-corrected chi connectivity index (χ4v) is 1.93. The number of benzene rings is 1. The molecule has 0 unspecified atom stereocenters. The quantitative estimate of drug-likeness (QED) is 0.637. The normalized spacial score (nSPS) is 10.2. The Morgan fingerprint density at radius 1 is 1.50 bits per heavy atom. The molecule has 6 heteroatoms. The molecule has 0 saturated carbocycles. The Morgan fingerprint density at radius 2 is 2.31 bits per heavy atom. The molecule has 1 heterocycles. The molecule has 0 spiro atoms. The zero-order chi connectivity index (χ0) is 11.5. The van der Waals surface area contributed by atoms with Crippen molar-refractivity contribution >= 4 is 16.5 Å². The summed E-state index contributed by atoms with van der Waals surface area (Å²) in [5, 5.41) is 2.39. The third kappa shape index (κ3) is 1.98. The summed E-state index contributed by atoms with van der Waals surface area (Å²) in [7, 11) is 1.43. The van der Waals surface area contributed by atoms with Crippen LogP contribution < -0.4 is 16.0 Å². The number of methoxy groups -OCH3 is 1. The number of hydrazine groups is 1. The molecule has 2 rings (SSSR count). The third-order valence-electron chi connectivity index (χ3n) is 2.08. The van der Waals surface area contributed by atoms with Gasteiger partial charge in [0.15, 0.2) is 16.7 Å². The van der Waals surface area contributed by atoms with Crippen LogP contribution in [0.3, 0.4) is 0 Å². The zero-order valence-corrected chi connectivity index (χ0v) is 9.34. The number of halogens is 1. The topological polar surface area (TPSA) is 60.2 Å². The standard InChI is InChI=1S/C10H10FN3OS/c1-15-9-3-2-6(4-7(9)11)8-5-16-10(13-8)14-12/h2-5H,12H2,1H3,(H,13,14). The van der Waals surface area contributed by atoms with E-state index in [2.05, 4.69) is 10.4 Å². The Morgan fingerprint density at radius 3 is 2.88 bits per heavy atom. The minimum atomic E-state index is -0.407. The molecule has 0 amide bonds.